The average Bonchev–Trinajstić information content (AvgIpc) is 3.43. The lowest BCUT2D eigenvalue weighted by Gasteiger charge is -2.49. The molecule has 3 aliphatic rings. The minimum atomic E-state index is -0.131. The van der Waals surface area contributed by atoms with Gasteiger partial charge in [0.1, 0.15) is 12.0 Å². The van der Waals surface area contributed by atoms with Crippen LogP contribution in [0.25, 0.3) is 22.8 Å². The van der Waals surface area contributed by atoms with Gasteiger partial charge in [0, 0.05) is 23.2 Å². The molecule has 1 amide bonds. The summed E-state index contributed by atoms with van der Waals surface area (Å²) >= 11 is 0. The van der Waals surface area contributed by atoms with Crippen molar-refractivity contribution in [3.8, 4) is 22.8 Å². The first-order valence-corrected chi connectivity index (χ1v) is 9.84. The Bertz CT molecular complexity index is 951. The first-order valence-electron chi connectivity index (χ1n) is 9.84. The molecular formula is C22H23N3O3. The van der Waals surface area contributed by atoms with Crippen molar-refractivity contribution in [3.63, 3.8) is 0 Å². The number of furan rings is 1. The predicted octanol–water partition coefficient (Wildman–Crippen LogP) is 3.81. The summed E-state index contributed by atoms with van der Waals surface area (Å²) in [7, 11) is 0. The Hall–Kier alpha value is -2.86. The van der Waals surface area contributed by atoms with Crippen molar-refractivity contribution in [2.75, 3.05) is 13.1 Å². The zero-order valence-corrected chi connectivity index (χ0v) is 15.8. The second kappa shape index (κ2) is 6.95. The van der Waals surface area contributed by atoms with E-state index in [-0.39, 0.29) is 11.9 Å². The fraction of sp³-hybridized carbons (Fsp3) is 0.364. The van der Waals surface area contributed by atoms with Crippen molar-refractivity contribution < 1.29 is 13.6 Å². The summed E-state index contributed by atoms with van der Waals surface area (Å²) in [4.78, 5) is 19.4. The Kier molecular flexibility index (Phi) is 4.28. The number of carbonyl (C=O) groups is 1. The number of amides is 1. The van der Waals surface area contributed by atoms with Crippen LogP contribution >= 0.6 is 0 Å². The highest BCUT2D eigenvalue weighted by molar-refractivity contribution is 5.92. The third kappa shape index (κ3) is 3.03. The molecule has 1 N–H and O–H groups in total. The van der Waals surface area contributed by atoms with Crippen LogP contribution in [0.2, 0.25) is 0 Å². The SMILES string of the molecule is CC1C(NC(=O)c2ccc(-c3ccc(-c4ncco4)cc3)o2)C2CCN1CC2. The fourth-order valence-corrected chi connectivity index (χ4v) is 4.53. The van der Waals surface area contributed by atoms with E-state index in [1.54, 1.807) is 18.5 Å². The molecule has 0 saturated carbocycles. The lowest BCUT2D eigenvalue weighted by Crippen LogP contribution is -2.62. The molecule has 0 radical (unpaired) electrons. The Labute approximate surface area is 163 Å². The minimum absolute atomic E-state index is 0.131. The van der Waals surface area contributed by atoms with Crippen LogP contribution < -0.4 is 5.32 Å². The summed E-state index contributed by atoms with van der Waals surface area (Å²) < 4.78 is 11.2. The third-order valence-electron chi connectivity index (χ3n) is 6.15. The van der Waals surface area contributed by atoms with Crippen molar-refractivity contribution in [1.82, 2.24) is 15.2 Å². The molecule has 0 spiro atoms. The van der Waals surface area contributed by atoms with Gasteiger partial charge in [0.05, 0.1) is 6.20 Å². The summed E-state index contributed by atoms with van der Waals surface area (Å²) in [6, 6.07) is 11.9. The Balaban J connectivity index is 1.30. The maximum atomic E-state index is 12.7. The molecule has 28 heavy (non-hydrogen) atoms. The largest absolute Gasteiger partial charge is 0.451 e. The maximum absolute atomic E-state index is 12.7. The van der Waals surface area contributed by atoms with Crippen LogP contribution in [-0.4, -0.2) is 41.0 Å². The van der Waals surface area contributed by atoms with Crippen LogP contribution in [0.4, 0.5) is 0 Å². The van der Waals surface area contributed by atoms with Crippen LogP contribution in [0.1, 0.15) is 30.3 Å². The summed E-state index contributed by atoms with van der Waals surface area (Å²) in [6.45, 7) is 4.50. The molecule has 0 aliphatic carbocycles. The van der Waals surface area contributed by atoms with E-state index in [4.69, 9.17) is 8.83 Å². The topological polar surface area (TPSA) is 71.5 Å². The van der Waals surface area contributed by atoms with Crippen molar-refractivity contribution in [3.05, 3.63) is 54.6 Å². The number of fused-ring (bicyclic) bond motifs is 3. The molecule has 2 bridgehead atoms. The summed E-state index contributed by atoms with van der Waals surface area (Å²) in [5, 5.41) is 3.21. The standard InChI is InChI=1S/C22H23N3O3/c1-14-20(16-8-11-25(14)12-9-16)24-21(26)19-7-6-18(28-19)15-2-4-17(5-3-15)22-23-10-13-27-22/h2-7,10,13-14,16,20H,8-9,11-12H2,1H3,(H,24,26). The fourth-order valence-electron chi connectivity index (χ4n) is 4.53. The second-order valence-electron chi connectivity index (χ2n) is 7.69. The smallest absolute Gasteiger partial charge is 0.287 e. The molecule has 2 aromatic heterocycles. The van der Waals surface area contributed by atoms with Gasteiger partial charge in [0.2, 0.25) is 5.89 Å². The number of benzene rings is 1. The molecule has 2 atom stereocenters. The summed E-state index contributed by atoms with van der Waals surface area (Å²) in [6.07, 6.45) is 5.50. The van der Waals surface area contributed by atoms with Crippen LogP contribution in [0.5, 0.6) is 0 Å². The van der Waals surface area contributed by atoms with Gasteiger partial charge in [0.25, 0.3) is 5.91 Å². The van der Waals surface area contributed by atoms with Crippen LogP contribution in [0, 0.1) is 5.92 Å². The molecule has 5 heterocycles. The van der Waals surface area contributed by atoms with E-state index in [9.17, 15) is 4.79 Å². The van der Waals surface area contributed by atoms with Crippen molar-refractivity contribution in [2.45, 2.75) is 31.8 Å². The average molecular weight is 377 g/mol. The molecule has 3 aromatic rings. The van der Waals surface area contributed by atoms with E-state index in [1.807, 2.05) is 30.3 Å². The van der Waals surface area contributed by atoms with Gasteiger partial charge in [0.15, 0.2) is 5.76 Å². The number of hydrogen-bond donors (Lipinski definition) is 1. The molecular weight excluding hydrogens is 354 g/mol. The van der Waals surface area contributed by atoms with Crippen LogP contribution in [0.15, 0.2) is 57.7 Å². The van der Waals surface area contributed by atoms with Gasteiger partial charge in [-0.15, -0.1) is 0 Å². The number of carbonyl (C=O) groups excluding carboxylic acids is 1. The van der Waals surface area contributed by atoms with Crippen molar-refractivity contribution in [2.24, 2.45) is 5.92 Å². The van der Waals surface area contributed by atoms with Gasteiger partial charge >= 0.3 is 0 Å². The first kappa shape index (κ1) is 17.3. The number of aromatic nitrogens is 1. The normalized spacial score (nSPS) is 26.3. The van der Waals surface area contributed by atoms with Crippen LogP contribution in [0.3, 0.4) is 0 Å². The van der Waals surface area contributed by atoms with E-state index >= 15 is 0 Å². The maximum Gasteiger partial charge on any atom is 0.287 e. The second-order valence-corrected chi connectivity index (χ2v) is 7.69. The molecule has 144 valence electrons. The molecule has 6 rings (SSSR count). The van der Waals surface area contributed by atoms with E-state index in [0.717, 1.165) is 37.1 Å². The van der Waals surface area contributed by atoms with Gasteiger partial charge in [-0.05, 0) is 63.0 Å². The third-order valence-corrected chi connectivity index (χ3v) is 6.15. The number of hydrogen-bond acceptors (Lipinski definition) is 5. The lowest BCUT2D eigenvalue weighted by atomic mass is 9.79. The van der Waals surface area contributed by atoms with E-state index in [1.165, 1.54) is 0 Å². The predicted molar refractivity (Wildman–Crippen MR) is 105 cm³/mol. The van der Waals surface area contributed by atoms with Crippen molar-refractivity contribution in [1.29, 1.82) is 0 Å². The molecule has 6 heteroatoms. The minimum Gasteiger partial charge on any atom is -0.451 e. The molecule has 1 aromatic carbocycles. The summed E-state index contributed by atoms with van der Waals surface area (Å²) in [5.74, 6) is 2.05. The highest BCUT2D eigenvalue weighted by Gasteiger charge is 2.40. The molecule has 3 fully saturated rings. The Morgan fingerprint density at radius 3 is 2.54 bits per heavy atom. The first-order chi connectivity index (χ1) is 13.7. The molecule has 3 saturated heterocycles. The number of nitrogens with zero attached hydrogens (tertiary/aromatic N) is 2. The number of oxazole rings is 1. The molecule has 6 nitrogen and oxygen atoms in total. The highest BCUT2D eigenvalue weighted by atomic mass is 16.4. The van der Waals surface area contributed by atoms with E-state index in [0.29, 0.717) is 29.4 Å². The Morgan fingerprint density at radius 1 is 1.11 bits per heavy atom. The van der Waals surface area contributed by atoms with Crippen molar-refractivity contribution >= 4 is 5.91 Å². The zero-order valence-electron chi connectivity index (χ0n) is 15.8. The number of rotatable bonds is 4. The monoisotopic (exact) mass is 377 g/mol. The van der Waals surface area contributed by atoms with E-state index < -0.39 is 0 Å². The van der Waals surface area contributed by atoms with Gasteiger partial charge in [-0.3, -0.25) is 9.69 Å². The quantitative estimate of drug-likeness (QED) is 0.748. The van der Waals surface area contributed by atoms with Gasteiger partial charge in [-0.1, -0.05) is 12.1 Å². The van der Waals surface area contributed by atoms with Gasteiger partial charge in [-0.2, -0.15) is 0 Å². The number of piperidine rings is 3. The summed E-state index contributed by atoms with van der Waals surface area (Å²) in [5.41, 5.74) is 1.81. The number of nitrogens with one attached hydrogen (secondary N) is 1. The van der Waals surface area contributed by atoms with Gasteiger partial charge < -0.3 is 14.2 Å². The Morgan fingerprint density at radius 2 is 1.86 bits per heavy atom. The highest BCUT2D eigenvalue weighted by Crippen LogP contribution is 2.32. The molecule has 3 aliphatic heterocycles. The zero-order chi connectivity index (χ0) is 19.1. The van der Waals surface area contributed by atoms with Gasteiger partial charge in [-0.25, -0.2) is 4.98 Å². The van der Waals surface area contributed by atoms with E-state index in [2.05, 4.69) is 22.1 Å². The lowest BCUT2D eigenvalue weighted by molar-refractivity contribution is 0.0211. The van der Waals surface area contributed by atoms with Crippen LogP contribution in [-0.2, 0) is 0 Å². The molecule has 2 unspecified atom stereocenters.